The molecule has 0 spiro atoms. The highest BCUT2D eigenvalue weighted by Crippen LogP contribution is 2.33. The van der Waals surface area contributed by atoms with Crippen molar-refractivity contribution in [2.24, 2.45) is 5.10 Å². The molecule has 0 fully saturated rings. The Bertz CT molecular complexity index is 1280. The fourth-order valence-corrected chi connectivity index (χ4v) is 4.37. The van der Waals surface area contributed by atoms with E-state index in [9.17, 15) is 19.7 Å². The molecule has 1 N–H and O–H groups in total. The first-order chi connectivity index (χ1) is 16.2. The predicted octanol–water partition coefficient (Wildman–Crippen LogP) is 5.63. The minimum atomic E-state index is -0.642. The van der Waals surface area contributed by atoms with Gasteiger partial charge in [0.05, 0.1) is 21.2 Å². The third-order valence-corrected chi connectivity index (χ3v) is 5.65. The molecule has 0 radical (unpaired) electrons. The molecule has 0 atom stereocenters. The fraction of sp³-hybridized carbons (Fsp3) is 0.0455. The summed E-state index contributed by atoms with van der Waals surface area (Å²) in [5.74, 6) is -1.07. The third kappa shape index (κ3) is 6.95. The molecule has 0 bridgehead atoms. The van der Waals surface area contributed by atoms with Crippen molar-refractivity contribution in [2.45, 2.75) is 0 Å². The van der Waals surface area contributed by atoms with Gasteiger partial charge in [0.15, 0.2) is 18.1 Å². The predicted molar refractivity (Wildman–Crippen MR) is 135 cm³/mol. The molecule has 34 heavy (non-hydrogen) atoms. The zero-order chi connectivity index (χ0) is 24.7. The van der Waals surface area contributed by atoms with Gasteiger partial charge in [0.2, 0.25) is 0 Å². The fourth-order valence-electron chi connectivity index (χ4n) is 2.63. The Morgan fingerprint density at radius 1 is 1.03 bits per heavy atom. The van der Waals surface area contributed by atoms with Gasteiger partial charge in [-0.15, -0.1) is 0 Å². The lowest BCUT2D eigenvalue weighted by Crippen LogP contribution is -2.24. The zero-order valence-electron chi connectivity index (χ0n) is 17.0. The number of nitrogens with zero attached hydrogens (tertiary/aromatic N) is 2. The van der Waals surface area contributed by atoms with Gasteiger partial charge in [-0.2, -0.15) is 5.10 Å². The van der Waals surface area contributed by atoms with Crippen molar-refractivity contribution in [3.05, 3.63) is 95.3 Å². The number of hydrogen-bond donors (Lipinski definition) is 1. The number of carbonyl (C=O) groups is 2. The molecule has 12 heteroatoms. The van der Waals surface area contributed by atoms with Crippen LogP contribution in [0.1, 0.15) is 15.9 Å². The van der Waals surface area contributed by atoms with Gasteiger partial charge in [-0.05, 0) is 52.3 Å². The number of esters is 1. The Balaban J connectivity index is 1.69. The Kier molecular flexibility index (Phi) is 8.91. The largest absolute Gasteiger partial charge is 0.477 e. The summed E-state index contributed by atoms with van der Waals surface area (Å²) in [7, 11) is 0. The quantitative estimate of drug-likeness (QED) is 0.110. The van der Waals surface area contributed by atoms with Crippen LogP contribution in [0, 0.1) is 10.1 Å². The van der Waals surface area contributed by atoms with E-state index in [-0.39, 0.29) is 17.2 Å². The second-order valence-corrected chi connectivity index (χ2v) is 9.20. The van der Waals surface area contributed by atoms with E-state index in [2.05, 4.69) is 58.3 Å². The molecule has 0 saturated carbocycles. The number of halogens is 3. The summed E-state index contributed by atoms with van der Waals surface area (Å²) in [6, 6.07) is 15.8. The van der Waals surface area contributed by atoms with E-state index in [1.807, 2.05) is 0 Å². The van der Waals surface area contributed by atoms with Crippen LogP contribution < -0.4 is 14.9 Å². The number of ether oxygens (including phenoxy) is 2. The molecule has 0 heterocycles. The molecule has 3 aromatic carbocycles. The summed E-state index contributed by atoms with van der Waals surface area (Å²) in [6.45, 7) is -0.491. The van der Waals surface area contributed by atoms with Crippen molar-refractivity contribution in [3.63, 3.8) is 0 Å². The maximum atomic E-state index is 12.6. The highest BCUT2D eigenvalue weighted by molar-refractivity contribution is 9.11. The average molecular weight is 656 g/mol. The van der Waals surface area contributed by atoms with Crippen LogP contribution in [0.3, 0.4) is 0 Å². The summed E-state index contributed by atoms with van der Waals surface area (Å²) >= 11 is 10.0. The maximum Gasteiger partial charge on any atom is 0.343 e. The highest BCUT2D eigenvalue weighted by Gasteiger charge is 2.17. The number of para-hydroxylation sites is 2. The van der Waals surface area contributed by atoms with Gasteiger partial charge in [-0.1, -0.05) is 50.1 Å². The van der Waals surface area contributed by atoms with Crippen LogP contribution in [-0.4, -0.2) is 29.6 Å². The van der Waals surface area contributed by atoms with Crippen LogP contribution in [0.2, 0.25) is 0 Å². The Morgan fingerprint density at radius 2 is 1.79 bits per heavy atom. The van der Waals surface area contributed by atoms with Crippen molar-refractivity contribution in [1.82, 2.24) is 5.43 Å². The van der Waals surface area contributed by atoms with Crippen molar-refractivity contribution < 1.29 is 24.0 Å². The van der Waals surface area contributed by atoms with Gasteiger partial charge in [-0.3, -0.25) is 14.9 Å². The van der Waals surface area contributed by atoms with E-state index in [1.165, 1.54) is 24.4 Å². The summed E-state index contributed by atoms with van der Waals surface area (Å²) < 4.78 is 12.7. The number of nitro groups is 1. The molecular formula is C22H14Br3N3O6. The molecule has 0 aliphatic rings. The molecular weight excluding hydrogens is 642 g/mol. The van der Waals surface area contributed by atoms with E-state index in [4.69, 9.17) is 9.47 Å². The number of nitrogens with one attached hydrogen (secondary N) is 1. The molecule has 0 aliphatic heterocycles. The topological polar surface area (TPSA) is 120 Å². The number of carbonyl (C=O) groups excluding carboxylic acids is 2. The molecule has 1 amide bonds. The summed E-state index contributed by atoms with van der Waals surface area (Å²) in [5, 5.41) is 14.9. The molecule has 0 saturated heterocycles. The Hall–Kier alpha value is -3.09. The molecule has 3 aromatic rings. The van der Waals surface area contributed by atoms with Crippen molar-refractivity contribution >= 4 is 71.6 Å². The van der Waals surface area contributed by atoms with Gasteiger partial charge in [-0.25, -0.2) is 10.2 Å². The van der Waals surface area contributed by atoms with Crippen LogP contribution in [0.25, 0.3) is 0 Å². The smallest absolute Gasteiger partial charge is 0.343 e. The Morgan fingerprint density at radius 3 is 2.53 bits per heavy atom. The van der Waals surface area contributed by atoms with E-state index >= 15 is 0 Å². The minimum Gasteiger partial charge on any atom is -0.477 e. The third-order valence-electron chi connectivity index (χ3n) is 4.11. The molecule has 0 unspecified atom stereocenters. The van der Waals surface area contributed by atoms with Crippen molar-refractivity contribution in [2.75, 3.05) is 6.61 Å². The van der Waals surface area contributed by atoms with E-state index < -0.39 is 23.4 Å². The summed E-state index contributed by atoms with van der Waals surface area (Å²) in [6.07, 6.45) is 1.29. The number of hydrazone groups is 1. The standard InChI is InChI=1S/C22H14Br3N3O6/c23-15-5-3-4-13(8-15)22(30)34-21-14(9-16(24)10-17(21)25)11-26-27-20(29)12-33-19-7-2-1-6-18(19)28(31)32/h1-11H,12H2,(H,27,29)/b26-11-. The van der Waals surface area contributed by atoms with E-state index in [0.717, 1.165) is 4.47 Å². The monoisotopic (exact) mass is 653 g/mol. The molecule has 3 rings (SSSR count). The number of benzene rings is 3. The number of hydrogen-bond acceptors (Lipinski definition) is 7. The first-order valence-electron chi connectivity index (χ1n) is 9.39. The minimum absolute atomic E-state index is 0.0377. The lowest BCUT2D eigenvalue weighted by molar-refractivity contribution is -0.385. The lowest BCUT2D eigenvalue weighted by atomic mass is 10.2. The normalized spacial score (nSPS) is 10.7. The second kappa shape index (κ2) is 11.9. The van der Waals surface area contributed by atoms with Crippen LogP contribution in [-0.2, 0) is 4.79 Å². The van der Waals surface area contributed by atoms with Crippen LogP contribution in [0.5, 0.6) is 11.5 Å². The van der Waals surface area contributed by atoms with Crippen LogP contribution >= 0.6 is 47.8 Å². The Labute approximate surface area is 218 Å². The molecule has 174 valence electrons. The van der Waals surface area contributed by atoms with E-state index in [0.29, 0.717) is 20.1 Å². The number of nitro benzene ring substituents is 1. The average Bonchev–Trinajstić information content (AvgIpc) is 2.79. The number of rotatable bonds is 8. The van der Waals surface area contributed by atoms with Crippen LogP contribution in [0.4, 0.5) is 5.69 Å². The second-order valence-electron chi connectivity index (χ2n) is 6.51. The van der Waals surface area contributed by atoms with Gasteiger partial charge in [0.25, 0.3) is 5.91 Å². The SMILES string of the molecule is O=C(COc1ccccc1[N+](=O)[O-])N/N=C\c1cc(Br)cc(Br)c1OC(=O)c1cccc(Br)c1. The zero-order valence-corrected chi connectivity index (χ0v) is 21.8. The summed E-state index contributed by atoms with van der Waals surface area (Å²) in [5.41, 5.74) is 2.75. The molecule has 0 aromatic heterocycles. The van der Waals surface area contributed by atoms with Gasteiger partial charge in [0, 0.05) is 20.6 Å². The highest BCUT2D eigenvalue weighted by atomic mass is 79.9. The van der Waals surface area contributed by atoms with E-state index in [1.54, 1.807) is 42.5 Å². The summed E-state index contributed by atoms with van der Waals surface area (Å²) in [4.78, 5) is 35.1. The molecule has 0 aliphatic carbocycles. The van der Waals surface area contributed by atoms with Gasteiger partial charge >= 0.3 is 11.7 Å². The maximum absolute atomic E-state index is 12.6. The van der Waals surface area contributed by atoms with Gasteiger partial charge in [0.1, 0.15) is 0 Å². The van der Waals surface area contributed by atoms with Crippen LogP contribution in [0.15, 0.2) is 79.2 Å². The van der Waals surface area contributed by atoms with Gasteiger partial charge < -0.3 is 9.47 Å². The number of amides is 1. The molecule has 9 nitrogen and oxygen atoms in total. The first-order valence-corrected chi connectivity index (χ1v) is 11.8. The first kappa shape index (κ1) is 25.5. The van der Waals surface area contributed by atoms with Crippen molar-refractivity contribution in [3.8, 4) is 11.5 Å². The van der Waals surface area contributed by atoms with Crippen molar-refractivity contribution in [1.29, 1.82) is 0 Å². The lowest BCUT2D eigenvalue weighted by Gasteiger charge is -2.11.